The second-order valence-electron chi connectivity index (χ2n) is 5.65. The Hall–Kier alpha value is -2.43. The summed E-state index contributed by atoms with van der Waals surface area (Å²) in [4.78, 5) is 26.6. The minimum Gasteiger partial charge on any atom is -0.285 e. The highest BCUT2D eigenvalue weighted by molar-refractivity contribution is 6.09. The normalized spacial score (nSPS) is 23.6. The average Bonchev–Trinajstić information content (AvgIpc) is 3.08. The molecule has 108 valence electrons. The largest absolute Gasteiger partial charge is 0.285 e. The molecule has 0 saturated carbocycles. The van der Waals surface area contributed by atoms with E-state index in [4.69, 9.17) is 0 Å². The van der Waals surface area contributed by atoms with E-state index >= 15 is 0 Å². The van der Waals surface area contributed by atoms with Gasteiger partial charge in [-0.05, 0) is 19.4 Å². The van der Waals surface area contributed by atoms with Crippen LogP contribution in [0.25, 0.3) is 0 Å². The smallest absolute Gasteiger partial charge is 0.240 e. The van der Waals surface area contributed by atoms with Crippen LogP contribution in [0.3, 0.4) is 0 Å². The Bertz CT molecular complexity index is 666. The van der Waals surface area contributed by atoms with Crippen molar-refractivity contribution in [2.45, 2.75) is 31.7 Å². The topological polar surface area (TPSA) is 66.1 Å². The highest BCUT2D eigenvalue weighted by atomic mass is 16.2. The molecule has 2 amide bonds. The lowest BCUT2D eigenvalue weighted by Crippen LogP contribution is -2.38. The lowest BCUT2D eigenvalue weighted by Gasteiger charge is -2.26. The first-order valence-corrected chi connectivity index (χ1v) is 6.95. The summed E-state index contributed by atoms with van der Waals surface area (Å²) in [5, 5.41) is 6.60. The van der Waals surface area contributed by atoms with Crippen LogP contribution in [0.5, 0.6) is 0 Å². The molecule has 0 radical (unpaired) electrons. The Balaban J connectivity index is 1.96. The maximum absolute atomic E-state index is 12.8. The van der Waals surface area contributed by atoms with Gasteiger partial charge in [0.25, 0.3) is 0 Å². The summed E-state index contributed by atoms with van der Waals surface area (Å²) >= 11 is 0. The van der Waals surface area contributed by atoms with Gasteiger partial charge < -0.3 is 0 Å². The second-order valence-corrected chi connectivity index (χ2v) is 5.65. The highest BCUT2D eigenvalue weighted by Crippen LogP contribution is 2.39. The number of rotatable bonds is 3. The molecule has 5 nitrogen and oxygen atoms in total. The number of carbonyl (C=O) groups is 2. The predicted molar refractivity (Wildman–Crippen MR) is 77.3 cm³/mol. The zero-order valence-corrected chi connectivity index (χ0v) is 12.0. The molecule has 0 spiro atoms. The van der Waals surface area contributed by atoms with Crippen LogP contribution in [0.1, 0.15) is 37.4 Å². The molecule has 1 aromatic carbocycles. The van der Waals surface area contributed by atoms with Crippen LogP contribution in [0, 0.1) is 0 Å². The van der Waals surface area contributed by atoms with E-state index in [1.807, 2.05) is 44.2 Å². The van der Waals surface area contributed by atoms with E-state index in [0.29, 0.717) is 0 Å². The standard InChI is InChI=1S/C16H17N3O2/c1-11(12-9-17-18-10-12)19-14(20)8-16(2,15(19)21)13-6-4-3-5-7-13/h3-7,9-11H,8H2,1-2H3,(H,17,18). The number of amides is 2. The Labute approximate surface area is 123 Å². The summed E-state index contributed by atoms with van der Waals surface area (Å²) in [5.74, 6) is -0.285. The molecule has 0 bridgehead atoms. The minimum atomic E-state index is -0.781. The first-order chi connectivity index (χ1) is 10.0. The molecule has 2 atom stereocenters. The number of carbonyl (C=O) groups excluding carboxylic acids is 2. The lowest BCUT2D eigenvalue weighted by molar-refractivity contribution is -0.142. The van der Waals surface area contributed by atoms with Crippen molar-refractivity contribution in [3.63, 3.8) is 0 Å². The van der Waals surface area contributed by atoms with Crippen LogP contribution in [0.4, 0.5) is 0 Å². The Morgan fingerprint density at radius 3 is 2.62 bits per heavy atom. The van der Waals surface area contributed by atoms with E-state index in [9.17, 15) is 9.59 Å². The SMILES string of the molecule is CC(c1cn[nH]c1)N1C(=O)CC(C)(c2ccccc2)C1=O. The zero-order valence-electron chi connectivity index (χ0n) is 12.0. The van der Waals surface area contributed by atoms with Crippen LogP contribution < -0.4 is 0 Å². The Morgan fingerprint density at radius 2 is 2.00 bits per heavy atom. The van der Waals surface area contributed by atoms with Crippen molar-refractivity contribution in [2.24, 2.45) is 0 Å². The van der Waals surface area contributed by atoms with Gasteiger partial charge in [0.05, 0.1) is 17.7 Å². The molecule has 2 heterocycles. The number of benzene rings is 1. The molecular formula is C16H17N3O2. The molecule has 5 heteroatoms. The number of nitrogens with one attached hydrogen (secondary N) is 1. The van der Waals surface area contributed by atoms with E-state index < -0.39 is 5.41 Å². The number of likely N-dealkylation sites (tertiary alicyclic amines) is 1. The fourth-order valence-corrected chi connectivity index (χ4v) is 2.90. The number of H-pyrrole nitrogens is 1. The molecule has 2 unspecified atom stereocenters. The summed E-state index contributed by atoms with van der Waals surface area (Å²) < 4.78 is 0. The number of hydrogen-bond donors (Lipinski definition) is 1. The molecule has 1 saturated heterocycles. The van der Waals surface area contributed by atoms with Gasteiger partial charge in [-0.25, -0.2) is 0 Å². The van der Waals surface area contributed by atoms with E-state index in [1.54, 1.807) is 12.4 Å². The number of nitrogens with zero attached hydrogens (tertiary/aromatic N) is 2. The van der Waals surface area contributed by atoms with Crippen LogP contribution in [-0.4, -0.2) is 26.9 Å². The molecule has 21 heavy (non-hydrogen) atoms. The van der Waals surface area contributed by atoms with Crippen LogP contribution >= 0.6 is 0 Å². The maximum atomic E-state index is 12.8. The monoisotopic (exact) mass is 283 g/mol. The van der Waals surface area contributed by atoms with Crippen molar-refractivity contribution in [1.29, 1.82) is 0 Å². The molecule has 1 N–H and O–H groups in total. The van der Waals surface area contributed by atoms with Gasteiger partial charge in [-0.15, -0.1) is 0 Å². The predicted octanol–water partition coefficient (Wildman–Crippen LogP) is 2.19. The second kappa shape index (κ2) is 4.84. The van der Waals surface area contributed by atoms with E-state index in [-0.39, 0.29) is 24.3 Å². The highest BCUT2D eigenvalue weighted by Gasteiger charge is 2.50. The zero-order chi connectivity index (χ0) is 15.0. The Morgan fingerprint density at radius 1 is 1.29 bits per heavy atom. The van der Waals surface area contributed by atoms with E-state index in [1.165, 1.54) is 4.90 Å². The van der Waals surface area contributed by atoms with Gasteiger partial charge >= 0.3 is 0 Å². The van der Waals surface area contributed by atoms with Gasteiger partial charge in [-0.2, -0.15) is 5.10 Å². The van der Waals surface area contributed by atoms with Crippen LogP contribution in [-0.2, 0) is 15.0 Å². The molecule has 1 aliphatic rings. The van der Waals surface area contributed by atoms with Crippen molar-refractivity contribution in [1.82, 2.24) is 15.1 Å². The van der Waals surface area contributed by atoms with Crippen LogP contribution in [0.2, 0.25) is 0 Å². The first-order valence-electron chi connectivity index (χ1n) is 6.95. The van der Waals surface area contributed by atoms with Crippen LogP contribution in [0.15, 0.2) is 42.7 Å². The summed E-state index contributed by atoms with van der Waals surface area (Å²) in [5.41, 5.74) is 0.926. The van der Waals surface area contributed by atoms with Gasteiger partial charge in [-0.1, -0.05) is 30.3 Å². The van der Waals surface area contributed by atoms with E-state index in [2.05, 4.69) is 10.2 Å². The minimum absolute atomic E-state index is 0.139. The first kappa shape index (κ1) is 13.5. The Kier molecular flexibility index (Phi) is 3.12. The molecular weight excluding hydrogens is 266 g/mol. The fraction of sp³-hybridized carbons (Fsp3) is 0.312. The number of aromatic nitrogens is 2. The summed E-state index contributed by atoms with van der Waals surface area (Å²) in [6.45, 7) is 3.68. The summed E-state index contributed by atoms with van der Waals surface area (Å²) in [6, 6.07) is 9.17. The average molecular weight is 283 g/mol. The lowest BCUT2D eigenvalue weighted by atomic mass is 9.81. The van der Waals surface area contributed by atoms with Crippen molar-refractivity contribution in [3.8, 4) is 0 Å². The third kappa shape index (κ3) is 2.05. The van der Waals surface area contributed by atoms with Crippen molar-refractivity contribution in [3.05, 3.63) is 53.9 Å². The van der Waals surface area contributed by atoms with Gasteiger partial charge in [0.2, 0.25) is 11.8 Å². The summed E-state index contributed by atoms with van der Waals surface area (Å²) in [7, 11) is 0. The summed E-state index contributed by atoms with van der Waals surface area (Å²) in [6.07, 6.45) is 3.56. The van der Waals surface area contributed by atoms with Crippen molar-refractivity contribution in [2.75, 3.05) is 0 Å². The molecule has 1 aliphatic heterocycles. The number of hydrogen-bond acceptors (Lipinski definition) is 3. The quantitative estimate of drug-likeness (QED) is 0.878. The molecule has 2 aromatic rings. The van der Waals surface area contributed by atoms with Gasteiger partial charge in [-0.3, -0.25) is 19.6 Å². The van der Waals surface area contributed by atoms with E-state index in [0.717, 1.165) is 11.1 Å². The van der Waals surface area contributed by atoms with Gasteiger partial charge in [0.1, 0.15) is 0 Å². The molecule has 0 aliphatic carbocycles. The molecule has 1 aromatic heterocycles. The van der Waals surface area contributed by atoms with Crippen molar-refractivity contribution >= 4 is 11.8 Å². The maximum Gasteiger partial charge on any atom is 0.240 e. The fourth-order valence-electron chi connectivity index (χ4n) is 2.90. The van der Waals surface area contributed by atoms with Gasteiger partial charge in [0, 0.05) is 18.2 Å². The third-order valence-corrected chi connectivity index (χ3v) is 4.26. The number of aromatic amines is 1. The number of imide groups is 1. The molecule has 1 fully saturated rings. The molecule has 3 rings (SSSR count). The van der Waals surface area contributed by atoms with Crippen molar-refractivity contribution < 1.29 is 9.59 Å². The van der Waals surface area contributed by atoms with Gasteiger partial charge in [0.15, 0.2) is 0 Å². The third-order valence-electron chi connectivity index (χ3n) is 4.26.